The van der Waals surface area contributed by atoms with Gasteiger partial charge in [0.05, 0.1) is 24.9 Å². The first-order valence-corrected chi connectivity index (χ1v) is 17.6. The summed E-state index contributed by atoms with van der Waals surface area (Å²) in [7, 11) is 3.46. The average molecular weight is 731 g/mol. The summed E-state index contributed by atoms with van der Waals surface area (Å²) in [5, 5.41) is 23.7. The fraction of sp³-hybridized carbons (Fsp3) is 0.342. The first kappa shape index (κ1) is 43.5. The van der Waals surface area contributed by atoms with E-state index in [0.29, 0.717) is 11.5 Å². The van der Waals surface area contributed by atoms with E-state index in [1.807, 2.05) is 60.3 Å². The summed E-state index contributed by atoms with van der Waals surface area (Å²) in [5.41, 5.74) is 3.20. The summed E-state index contributed by atoms with van der Waals surface area (Å²) in [6.45, 7) is 4.13. The molecule has 2 aliphatic heterocycles. The van der Waals surface area contributed by atoms with Crippen molar-refractivity contribution >= 4 is 59.3 Å². The maximum Gasteiger partial charge on any atom is 1.00 e. The van der Waals surface area contributed by atoms with Gasteiger partial charge in [0.2, 0.25) is 0 Å². The molecule has 0 atom stereocenters. The summed E-state index contributed by atoms with van der Waals surface area (Å²) in [5.74, 6) is 0.337. The number of piperidine rings is 2. The number of carbonyl (C=O) groups excluding carboxylic acids is 1. The predicted molar refractivity (Wildman–Crippen MR) is 205 cm³/mol. The zero-order chi connectivity index (χ0) is 32.4. The van der Waals surface area contributed by atoms with Gasteiger partial charge in [0.25, 0.3) is 0 Å². The zero-order valence-corrected chi connectivity index (χ0v) is 30.5. The number of hydrogen-bond donors (Lipinski definition) is 3. The van der Waals surface area contributed by atoms with E-state index in [0.717, 1.165) is 59.9 Å². The van der Waals surface area contributed by atoms with Crippen LogP contribution in [0.1, 0.15) is 60.1 Å². The number of ether oxygens (including phenoxy) is 1. The molecule has 6 rings (SSSR count). The quantitative estimate of drug-likeness (QED) is 0.187. The Morgan fingerprint density at radius 1 is 0.878 bits per heavy atom. The van der Waals surface area contributed by atoms with Crippen LogP contribution in [0.4, 0.5) is 0 Å². The van der Waals surface area contributed by atoms with Crippen molar-refractivity contribution in [1.82, 2.24) is 10.2 Å². The van der Waals surface area contributed by atoms with Gasteiger partial charge in [-0.1, -0.05) is 72.1 Å². The molecule has 49 heavy (non-hydrogen) atoms. The van der Waals surface area contributed by atoms with Gasteiger partial charge in [-0.05, 0) is 117 Å². The second-order valence-corrected chi connectivity index (χ2v) is 14.1. The maximum atomic E-state index is 11.5. The molecule has 0 amide bonds. The molecule has 0 unspecified atom stereocenters. The fourth-order valence-electron chi connectivity index (χ4n) is 5.94. The third-order valence-electron chi connectivity index (χ3n) is 8.74. The largest absolute Gasteiger partial charge is 1.00 e. The zero-order valence-electron chi connectivity index (χ0n) is 29.1. The Morgan fingerprint density at radius 3 is 2.00 bits per heavy atom. The topological polar surface area (TPSA) is 82.0 Å². The van der Waals surface area contributed by atoms with Gasteiger partial charge in [0, 0.05) is 32.7 Å². The van der Waals surface area contributed by atoms with Crippen LogP contribution in [0.5, 0.6) is 0 Å². The van der Waals surface area contributed by atoms with Crippen LogP contribution in [-0.2, 0) is 16.9 Å². The molecule has 0 radical (unpaired) electrons. The molecule has 2 aliphatic rings. The minimum absolute atomic E-state index is 0. The van der Waals surface area contributed by atoms with Gasteiger partial charge in [-0.2, -0.15) is 0 Å². The molecule has 4 aromatic rings. The Hall–Kier alpha value is -1.69. The van der Waals surface area contributed by atoms with Gasteiger partial charge in [0.15, 0.2) is 17.4 Å². The molecule has 2 heterocycles. The van der Waals surface area contributed by atoms with Crippen LogP contribution >= 0.6 is 35.9 Å². The molecule has 2 saturated heterocycles. The minimum Gasteiger partial charge on any atom is -1.00 e. The monoisotopic (exact) mass is 730 g/mol. The minimum atomic E-state index is -0.776. The number of benzene rings is 4. The second-order valence-electron chi connectivity index (χ2n) is 11.9. The molecular weight excluding hydrogens is 682 g/mol. The molecule has 0 aromatic heterocycles. The summed E-state index contributed by atoms with van der Waals surface area (Å²) < 4.78 is 4.73. The van der Waals surface area contributed by atoms with E-state index in [2.05, 4.69) is 53.7 Å². The van der Waals surface area contributed by atoms with Gasteiger partial charge < -0.3 is 26.6 Å². The molecular formula is C38H49AlClLiN2O4S2. The van der Waals surface area contributed by atoms with Gasteiger partial charge in [-0.25, -0.2) is 4.79 Å². The number of halogens is 1. The van der Waals surface area contributed by atoms with Crippen LogP contribution < -0.4 is 24.2 Å². The average Bonchev–Trinajstić information content (AvgIpc) is 3.11. The Labute approximate surface area is 330 Å². The summed E-state index contributed by atoms with van der Waals surface area (Å²) in [6.07, 6.45) is 3.92. The molecule has 0 bridgehead atoms. The Balaban J connectivity index is 0.000000468. The molecule has 6 nitrogen and oxygen atoms in total. The van der Waals surface area contributed by atoms with Crippen LogP contribution in [0.15, 0.2) is 117 Å². The van der Waals surface area contributed by atoms with E-state index in [4.69, 9.17) is 9.84 Å². The smallest absolute Gasteiger partial charge is 1.00 e. The molecule has 11 heteroatoms. The summed E-state index contributed by atoms with van der Waals surface area (Å²) in [4.78, 5) is 18.5. The van der Waals surface area contributed by atoms with Crippen molar-refractivity contribution in [1.29, 1.82) is 0 Å². The van der Waals surface area contributed by atoms with Crippen molar-refractivity contribution in [3.8, 4) is 0 Å². The summed E-state index contributed by atoms with van der Waals surface area (Å²) in [6, 6.07) is 32.3. The van der Waals surface area contributed by atoms with E-state index >= 15 is 0 Å². The third-order valence-corrected chi connectivity index (χ3v) is 10.9. The van der Waals surface area contributed by atoms with E-state index in [-0.39, 0.29) is 62.6 Å². The number of nitrogens with zero attached hydrogens (tertiary/aromatic N) is 1. The first-order valence-electron chi connectivity index (χ1n) is 15.9. The fourth-order valence-corrected chi connectivity index (χ4v) is 8.00. The van der Waals surface area contributed by atoms with Crippen molar-refractivity contribution in [2.24, 2.45) is 0 Å². The van der Waals surface area contributed by atoms with Gasteiger partial charge >= 0.3 is 24.8 Å². The Kier molecular flexibility index (Phi) is 19.2. The Bertz CT molecular complexity index is 1580. The number of aliphatic hydroxyl groups excluding tert-OH is 1. The molecule has 0 saturated carbocycles. The van der Waals surface area contributed by atoms with Crippen molar-refractivity contribution < 1.29 is 40.0 Å². The number of carbonyl (C=O) groups is 1. The SMILES string of the molecule is COC(=O)c1ccc(Sc2ccccc2C2(O)CCN(C)CC2)cc1.Cl.OCc1ccc(Sc2ccccc2C2CCNCC2)cc1.[AlH3].[H-].[Li+]. The standard InChI is InChI=1S/C20H23NO3S.C18H21NOS.Al.ClH.Li.4H/c1-21-13-11-20(23,12-14-21)17-5-3-4-6-18(17)25-16-9-7-15(8-10-16)19(22)24-2;20-13-14-5-7-16(8-6-14)21-18-4-2-1-3-17(18)15-9-11-19-12-10-15;;;;;;;/h3-10,23H,11-14H2,1-2H3;1-8,15,19-20H,9-13H2;;1H;;;;;/q;;;;+1;;;;-1. The van der Waals surface area contributed by atoms with Crippen molar-refractivity contribution in [2.75, 3.05) is 40.3 Å². The number of hydrogen-bond acceptors (Lipinski definition) is 8. The second kappa shape index (κ2) is 21.6. The number of rotatable bonds is 8. The maximum absolute atomic E-state index is 11.5. The van der Waals surface area contributed by atoms with Crippen molar-refractivity contribution in [2.45, 2.75) is 63.4 Å². The van der Waals surface area contributed by atoms with Crippen LogP contribution in [-0.4, -0.2) is 78.8 Å². The van der Waals surface area contributed by atoms with Crippen LogP contribution in [0.25, 0.3) is 0 Å². The molecule has 0 aliphatic carbocycles. The molecule has 2 fully saturated rings. The number of nitrogens with one attached hydrogen (secondary N) is 1. The molecule has 258 valence electrons. The number of esters is 1. The summed E-state index contributed by atoms with van der Waals surface area (Å²) >= 11 is 3.43. The number of aliphatic hydroxyl groups is 2. The predicted octanol–water partition coefficient (Wildman–Crippen LogP) is 3.69. The Morgan fingerprint density at radius 2 is 1.41 bits per heavy atom. The van der Waals surface area contributed by atoms with E-state index in [9.17, 15) is 9.90 Å². The molecule has 4 aromatic carbocycles. The van der Waals surface area contributed by atoms with Gasteiger partial charge in [-0.3, -0.25) is 0 Å². The van der Waals surface area contributed by atoms with Crippen molar-refractivity contribution in [3.63, 3.8) is 0 Å². The van der Waals surface area contributed by atoms with Crippen LogP contribution in [0.2, 0.25) is 0 Å². The normalized spacial score (nSPS) is 15.7. The van der Waals surface area contributed by atoms with Crippen LogP contribution in [0.3, 0.4) is 0 Å². The molecule has 3 N–H and O–H groups in total. The van der Waals surface area contributed by atoms with Crippen molar-refractivity contribution in [3.05, 3.63) is 119 Å². The third kappa shape index (κ3) is 12.2. The first-order chi connectivity index (χ1) is 22.4. The molecule has 0 spiro atoms. The van der Waals surface area contributed by atoms with E-state index in [1.54, 1.807) is 23.9 Å². The van der Waals surface area contributed by atoms with Gasteiger partial charge in [-0.15, -0.1) is 12.4 Å². The van der Waals surface area contributed by atoms with E-state index < -0.39 is 5.60 Å². The number of likely N-dealkylation sites (tertiary alicyclic amines) is 1. The van der Waals surface area contributed by atoms with E-state index in [1.165, 1.54) is 35.3 Å². The van der Waals surface area contributed by atoms with Gasteiger partial charge in [0.1, 0.15) is 0 Å². The number of methoxy groups -OCH3 is 1. The van der Waals surface area contributed by atoms with Crippen LogP contribution in [0, 0.1) is 0 Å².